The van der Waals surface area contributed by atoms with Gasteiger partial charge >= 0.3 is 0 Å². The van der Waals surface area contributed by atoms with Gasteiger partial charge in [-0.25, -0.2) is 13.4 Å². The number of hydrogen-bond donors (Lipinski definition) is 1. The third-order valence-corrected chi connectivity index (χ3v) is 4.41. The number of aryl methyl sites for hydroxylation is 1. The van der Waals surface area contributed by atoms with Crippen molar-refractivity contribution in [1.82, 2.24) is 4.98 Å². The first-order chi connectivity index (χ1) is 9.44. The van der Waals surface area contributed by atoms with Gasteiger partial charge in [0.1, 0.15) is 10.7 Å². The summed E-state index contributed by atoms with van der Waals surface area (Å²) < 4.78 is 27.0. The Labute approximate surface area is 121 Å². The molecule has 0 amide bonds. The topological polar surface area (TPSA) is 82.8 Å². The Hall–Kier alpha value is -2.10. The molecule has 1 N–H and O–H groups in total. The predicted octanol–water partition coefficient (Wildman–Crippen LogP) is 2.72. The Morgan fingerprint density at radius 3 is 2.75 bits per heavy atom. The van der Waals surface area contributed by atoms with Crippen LogP contribution in [0.15, 0.2) is 41.4 Å². The second-order valence-corrected chi connectivity index (χ2v) is 6.09. The number of nitrogens with zero attached hydrogens (tertiary/aromatic N) is 2. The van der Waals surface area contributed by atoms with Crippen molar-refractivity contribution in [3.8, 4) is 6.07 Å². The Morgan fingerprint density at radius 1 is 1.35 bits per heavy atom. The van der Waals surface area contributed by atoms with Crippen LogP contribution >= 0.6 is 11.6 Å². The van der Waals surface area contributed by atoms with Gasteiger partial charge in [-0.1, -0.05) is 17.7 Å². The van der Waals surface area contributed by atoms with Gasteiger partial charge in [0.25, 0.3) is 10.0 Å². The van der Waals surface area contributed by atoms with Gasteiger partial charge in [0.05, 0.1) is 16.7 Å². The monoisotopic (exact) mass is 307 g/mol. The summed E-state index contributed by atoms with van der Waals surface area (Å²) >= 11 is 5.89. The molecule has 2 aromatic rings. The van der Waals surface area contributed by atoms with Gasteiger partial charge in [0.2, 0.25) is 0 Å². The van der Waals surface area contributed by atoms with Gasteiger partial charge in [0, 0.05) is 6.20 Å². The molecule has 7 heteroatoms. The van der Waals surface area contributed by atoms with E-state index in [4.69, 9.17) is 16.9 Å². The summed E-state index contributed by atoms with van der Waals surface area (Å²) in [5, 5.41) is 8.88. The number of hydrogen-bond acceptors (Lipinski definition) is 4. The van der Waals surface area contributed by atoms with Gasteiger partial charge in [0.15, 0.2) is 0 Å². The number of aromatic nitrogens is 1. The molecule has 5 nitrogen and oxygen atoms in total. The second kappa shape index (κ2) is 5.49. The van der Waals surface area contributed by atoms with Crippen LogP contribution in [0.3, 0.4) is 0 Å². The molecule has 0 aliphatic rings. The fourth-order valence-corrected chi connectivity index (χ4v) is 3.16. The average molecular weight is 308 g/mol. The van der Waals surface area contributed by atoms with E-state index in [-0.39, 0.29) is 21.3 Å². The number of benzene rings is 1. The third-order valence-electron chi connectivity index (χ3n) is 2.59. The highest BCUT2D eigenvalue weighted by Gasteiger charge is 2.20. The largest absolute Gasteiger partial charge is 0.264 e. The van der Waals surface area contributed by atoms with Crippen LogP contribution in [-0.4, -0.2) is 13.4 Å². The van der Waals surface area contributed by atoms with Crippen LogP contribution in [0.5, 0.6) is 0 Å². The maximum absolute atomic E-state index is 12.3. The molecule has 0 saturated heterocycles. The number of anilines is 1. The smallest absolute Gasteiger partial charge is 0.263 e. The minimum atomic E-state index is -3.89. The second-order valence-electron chi connectivity index (χ2n) is 4.03. The van der Waals surface area contributed by atoms with Crippen LogP contribution in [0.1, 0.15) is 11.1 Å². The van der Waals surface area contributed by atoms with E-state index < -0.39 is 10.0 Å². The molecule has 1 heterocycles. The molecule has 102 valence electrons. The SMILES string of the molecule is Cc1cccnc1NS(=O)(=O)c1cc(C#N)ccc1Cl. The average Bonchev–Trinajstić information content (AvgIpc) is 2.41. The summed E-state index contributed by atoms with van der Waals surface area (Å²) in [6.45, 7) is 1.73. The zero-order valence-electron chi connectivity index (χ0n) is 10.5. The minimum absolute atomic E-state index is 0.0464. The lowest BCUT2D eigenvalue weighted by Gasteiger charge is -2.10. The molecule has 0 aliphatic carbocycles. The van der Waals surface area contributed by atoms with E-state index in [9.17, 15) is 8.42 Å². The first kappa shape index (κ1) is 14.3. The van der Waals surface area contributed by atoms with Gasteiger partial charge in [-0.15, -0.1) is 0 Å². The summed E-state index contributed by atoms with van der Waals surface area (Å²) in [6, 6.07) is 9.37. The molecule has 0 saturated carbocycles. The molecule has 0 atom stereocenters. The van der Waals surface area contributed by atoms with E-state index in [1.54, 1.807) is 19.1 Å². The summed E-state index contributed by atoms with van der Waals surface area (Å²) in [5.74, 6) is 0.228. The van der Waals surface area contributed by atoms with Crippen molar-refractivity contribution in [2.75, 3.05) is 4.72 Å². The quantitative estimate of drug-likeness (QED) is 0.945. The van der Waals surface area contributed by atoms with Crippen molar-refractivity contribution >= 4 is 27.4 Å². The molecule has 0 fully saturated rings. The van der Waals surface area contributed by atoms with Crippen LogP contribution in [0.2, 0.25) is 5.02 Å². The molecule has 0 unspecified atom stereocenters. The van der Waals surface area contributed by atoms with E-state index in [0.29, 0.717) is 5.56 Å². The van der Waals surface area contributed by atoms with Crippen molar-refractivity contribution in [2.45, 2.75) is 11.8 Å². The van der Waals surface area contributed by atoms with Crippen molar-refractivity contribution in [1.29, 1.82) is 5.26 Å². The lowest BCUT2D eigenvalue weighted by atomic mass is 10.2. The zero-order chi connectivity index (χ0) is 14.8. The summed E-state index contributed by atoms with van der Waals surface area (Å²) in [7, 11) is -3.89. The molecule has 1 aromatic carbocycles. The van der Waals surface area contributed by atoms with Gasteiger partial charge in [-0.3, -0.25) is 4.72 Å². The number of nitrogens with one attached hydrogen (secondary N) is 1. The highest BCUT2D eigenvalue weighted by Crippen LogP contribution is 2.25. The molecular formula is C13H10ClN3O2S. The summed E-state index contributed by atoms with van der Waals surface area (Å²) in [6.07, 6.45) is 1.48. The number of nitriles is 1. The molecule has 2 rings (SSSR count). The van der Waals surface area contributed by atoms with Gasteiger partial charge in [-0.05, 0) is 36.8 Å². The minimum Gasteiger partial charge on any atom is -0.263 e. The zero-order valence-corrected chi connectivity index (χ0v) is 12.0. The van der Waals surface area contributed by atoms with Crippen molar-refractivity contribution in [2.24, 2.45) is 0 Å². The van der Waals surface area contributed by atoms with Crippen LogP contribution in [0.25, 0.3) is 0 Å². The third kappa shape index (κ3) is 2.90. The number of pyridine rings is 1. The van der Waals surface area contributed by atoms with E-state index in [2.05, 4.69) is 9.71 Å². The lowest BCUT2D eigenvalue weighted by Crippen LogP contribution is -2.15. The van der Waals surface area contributed by atoms with E-state index in [1.165, 1.54) is 24.4 Å². The number of sulfonamides is 1. The number of rotatable bonds is 3. The molecule has 0 aliphatic heterocycles. The van der Waals surface area contributed by atoms with Crippen LogP contribution in [0, 0.1) is 18.3 Å². The standard InChI is InChI=1S/C13H10ClN3O2S/c1-9-3-2-6-16-13(9)17-20(18,19)12-7-10(8-15)4-5-11(12)14/h2-7H,1H3,(H,16,17). The Kier molecular flexibility index (Phi) is 3.93. The highest BCUT2D eigenvalue weighted by molar-refractivity contribution is 7.92. The van der Waals surface area contributed by atoms with Gasteiger partial charge in [-0.2, -0.15) is 5.26 Å². The normalized spacial score (nSPS) is 10.8. The molecule has 0 radical (unpaired) electrons. The van der Waals surface area contributed by atoms with E-state index in [0.717, 1.165) is 0 Å². The van der Waals surface area contributed by atoms with Crippen molar-refractivity contribution in [3.05, 3.63) is 52.7 Å². The van der Waals surface area contributed by atoms with E-state index >= 15 is 0 Å². The molecular weight excluding hydrogens is 298 g/mol. The highest BCUT2D eigenvalue weighted by atomic mass is 35.5. The van der Waals surface area contributed by atoms with Crippen molar-refractivity contribution in [3.63, 3.8) is 0 Å². The lowest BCUT2D eigenvalue weighted by molar-refractivity contribution is 0.601. The van der Waals surface area contributed by atoms with Crippen LogP contribution in [-0.2, 0) is 10.0 Å². The fourth-order valence-electron chi connectivity index (χ4n) is 1.55. The molecule has 0 spiro atoms. The molecule has 20 heavy (non-hydrogen) atoms. The maximum atomic E-state index is 12.3. The van der Waals surface area contributed by atoms with Crippen LogP contribution < -0.4 is 4.72 Å². The maximum Gasteiger partial charge on any atom is 0.264 e. The summed E-state index contributed by atoms with van der Waals surface area (Å²) in [4.78, 5) is 3.81. The first-order valence-electron chi connectivity index (χ1n) is 5.58. The Bertz CT molecular complexity index is 798. The predicted molar refractivity (Wildman–Crippen MR) is 75.9 cm³/mol. The van der Waals surface area contributed by atoms with Crippen molar-refractivity contribution < 1.29 is 8.42 Å². The fraction of sp³-hybridized carbons (Fsp3) is 0.0769. The number of halogens is 1. The first-order valence-corrected chi connectivity index (χ1v) is 7.44. The Balaban J connectivity index is 2.47. The van der Waals surface area contributed by atoms with E-state index in [1.807, 2.05) is 6.07 Å². The van der Waals surface area contributed by atoms with Gasteiger partial charge < -0.3 is 0 Å². The summed E-state index contributed by atoms with van der Waals surface area (Å²) in [5.41, 5.74) is 0.899. The molecule has 1 aromatic heterocycles. The van der Waals surface area contributed by atoms with Crippen LogP contribution in [0.4, 0.5) is 5.82 Å². The molecule has 0 bridgehead atoms. The Morgan fingerprint density at radius 2 is 2.10 bits per heavy atom.